The van der Waals surface area contributed by atoms with E-state index in [0.29, 0.717) is 23.7 Å². The first-order valence-electron chi connectivity index (χ1n) is 8.62. The second-order valence-corrected chi connectivity index (χ2v) is 8.81. The monoisotopic (exact) mass is 575 g/mol. The van der Waals surface area contributed by atoms with Gasteiger partial charge in [-0.2, -0.15) is 5.26 Å². The van der Waals surface area contributed by atoms with Crippen LogP contribution in [-0.4, -0.2) is 7.11 Å². The third kappa shape index (κ3) is 5.72. The minimum absolute atomic E-state index is 0.416. The topological polar surface area (TPSA) is 42.2 Å². The molecule has 3 rings (SSSR count). The first-order valence-corrected chi connectivity index (χ1v) is 11.0. The highest BCUT2D eigenvalue weighted by Crippen LogP contribution is 2.38. The molecule has 0 saturated heterocycles. The lowest BCUT2D eigenvalue weighted by molar-refractivity contribution is 0.282. The van der Waals surface area contributed by atoms with Gasteiger partial charge in [-0.15, -0.1) is 0 Å². The van der Waals surface area contributed by atoms with E-state index < -0.39 is 0 Å². The summed E-state index contributed by atoms with van der Waals surface area (Å²) in [6.07, 6.45) is 1.83. The van der Waals surface area contributed by atoms with Gasteiger partial charge >= 0.3 is 0 Å². The molecule has 6 heteroatoms. The smallest absolute Gasteiger partial charge is 0.175 e. The Morgan fingerprint density at radius 2 is 1.59 bits per heavy atom. The normalized spacial score (nSPS) is 11.1. The first kappa shape index (κ1) is 21.6. The Morgan fingerprint density at radius 3 is 2.17 bits per heavy atom. The van der Waals surface area contributed by atoms with E-state index in [1.807, 2.05) is 66.7 Å². The maximum atomic E-state index is 9.59. The van der Waals surface area contributed by atoms with Gasteiger partial charge in [0.25, 0.3) is 0 Å². The average molecular weight is 578 g/mol. The van der Waals surface area contributed by atoms with Gasteiger partial charge in [0, 0.05) is 8.95 Å². The fourth-order valence-electron chi connectivity index (χ4n) is 2.68. The van der Waals surface area contributed by atoms with Gasteiger partial charge in [0.2, 0.25) is 0 Å². The summed E-state index contributed by atoms with van der Waals surface area (Å²) < 4.78 is 14.3. The molecule has 0 heterocycles. The van der Waals surface area contributed by atoms with E-state index >= 15 is 0 Å². The molecule has 0 amide bonds. The molecule has 0 radical (unpaired) electrons. The van der Waals surface area contributed by atoms with E-state index in [9.17, 15) is 5.26 Å². The van der Waals surface area contributed by atoms with Crippen molar-refractivity contribution >= 4 is 59.4 Å². The lowest BCUT2D eigenvalue weighted by atomic mass is 10.0. The summed E-state index contributed by atoms with van der Waals surface area (Å²) in [5, 5.41) is 9.59. The molecule has 0 aliphatic carbocycles. The SMILES string of the molecule is COc1cc(/C=C(/C#N)c2ccc(Br)cc2)cc(Br)c1OCc1ccc(Br)cc1. The second kappa shape index (κ2) is 10.1. The molecule has 3 nitrogen and oxygen atoms in total. The van der Waals surface area contributed by atoms with Crippen LogP contribution in [0, 0.1) is 11.3 Å². The number of allylic oxidation sites excluding steroid dienone is 1. The van der Waals surface area contributed by atoms with Crippen LogP contribution in [0.4, 0.5) is 0 Å². The zero-order chi connectivity index (χ0) is 20.8. The molecular formula is C23H16Br3NO2. The van der Waals surface area contributed by atoms with E-state index in [2.05, 4.69) is 53.9 Å². The second-order valence-electron chi connectivity index (χ2n) is 6.13. The number of hydrogen-bond acceptors (Lipinski definition) is 3. The van der Waals surface area contributed by atoms with Crippen LogP contribution in [0.2, 0.25) is 0 Å². The predicted octanol–water partition coefficient (Wildman–Crippen LogP) is 7.63. The Balaban J connectivity index is 1.88. The van der Waals surface area contributed by atoms with Crippen molar-refractivity contribution in [2.24, 2.45) is 0 Å². The van der Waals surface area contributed by atoms with E-state index in [0.717, 1.165) is 30.1 Å². The number of nitrogens with zero attached hydrogens (tertiary/aromatic N) is 1. The number of halogens is 3. The van der Waals surface area contributed by atoms with Crippen molar-refractivity contribution < 1.29 is 9.47 Å². The van der Waals surface area contributed by atoms with Crippen molar-refractivity contribution in [3.05, 3.63) is 90.8 Å². The molecule has 0 saturated carbocycles. The Labute approximate surface area is 195 Å². The molecule has 0 atom stereocenters. The zero-order valence-electron chi connectivity index (χ0n) is 15.5. The summed E-state index contributed by atoms with van der Waals surface area (Å²) >= 11 is 10.4. The first-order chi connectivity index (χ1) is 14.0. The molecule has 0 unspecified atom stereocenters. The Bertz CT molecular complexity index is 1070. The molecule has 0 fully saturated rings. The lowest BCUT2D eigenvalue weighted by Crippen LogP contribution is -1.99. The molecule has 3 aromatic rings. The number of benzene rings is 3. The van der Waals surface area contributed by atoms with Crippen molar-refractivity contribution in [2.75, 3.05) is 7.11 Å². The molecule has 3 aromatic carbocycles. The summed E-state index contributed by atoms with van der Waals surface area (Å²) in [4.78, 5) is 0. The Morgan fingerprint density at radius 1 is 0.966 bits per heavy atom. The third-order valence-electron chi connectivity index (χ3n) is 4.13. The summed E-state index contributed by atoms with van der Waals surface area (Å²) in [6, 6.07) is 21.6. The van der Waals surface area contributed by atoms with Crippen molar-refractivity contribution in [2.45, 2.75) is 6.61 Å². The summed E-state index contributed by atoms with van der Waals surface area (Å²) in [7, 11) is 1.60. The molecule has 0 aromatic heterocycles. The van der Waals surface area contributed by atoms with Crippen LogP contribution in [0.25, 0.3) is 11.6 Å². The van der Waals surface area contributed by atoms with Gasteiger partial charge in [0.05, 0.1) is 23.2 Å². The van der Waals surface area contributed by atoms with Crippen molar-refractivity contribution in [3.8, 4) is 17.6 Å². The standard InChI is InChI=1S/C23H16Br3NO2/c1-28-22-12-16(10-18(13-27)17-4-8-20(25)9-5-17)11-21(26)23(22)29-14-15-2-6-19(24)7-3-15/h2-12H,14H2,1H3/b18-10-. The molecule has 29 heavy (non-hydrogen) atoms. The molecule has 146 valence electrons. The van der Waals surface area contributed by atoms with E-state index in [1.54, 1.807) is 7.11 Å². The summed E-state index contributed by atoms with van der Waals surface area (Å²) in [5.41, 5.74) is 3.30. The number of methoxy groups -OCH3 is 1. The third-order valence-corrected chi connectivity index (χ3v) is 5.78. The van der Waals surface area contributed by atoms with Crippen molar-refractivity contribution in [3.63, 3.8) is 0 Å². The fourth-order valence-corrected chi connectivity index (χ4v) is 3.78. The van der Waals surface area contributed by atoms with Crippen molar-refractivity contribution in [1.29, 1.82) is 5.26 Å². The molecule has 0 bridgehead atoms. The molecular weight excluding hydrogens is 562 g/mol. The average Bonchev–Trinajstić information content (AvgIpc) is 2.72. The minimum atomic E-state index is 0.416. The van der Waals surface area contributed by atoms with E-state index in [1.165, 1.54) is 0 Å². The number of ether oxygens (including phenoxy) is 2. The Hall–Kier alpha value is -2.07. The minimum Gasteiger partial charge on any atom is -0.493 e. The highest BCUT2D eigenvalue weighted by atomic mass is 79.9. The number of nitriles is 1. The van der Waals surface area contributed by atoms with Crippen LogP contribution in [0.3, 0.4) is 0 Å². The number of rotatable bonds is 6. The van der Waals surface area contributed by atoms with Crippen LogP contribution >= 0.6 is 47.8 Å². The lowest BCUT2D eigenvalue weighted by Gasteiger charge is -2.14. The van der Waals surface area contributed by atoms with Gasteiger partial charge in [-0.3, -0.25) is 0 Å². The van der Waals surface area contributed by atoms with Gasteiger partial charge in [0.1, 0.15) is 6.61 Å². The molecule has 0 N–H and O–H groups in total. The molecule has 0 aliphatic heterocycles. The largest absolute Gasteiger partial charge is 0.493 e. The van der Waals surface area contributed by atoms with Crippen molar-refractivity contribution in [1.82, 2.24) is 0 Å². The Kier molecular flexibility index (Phi) is 7.54. The fraction of sp³-hybridized carbons (Fsp3) is 0.0870. The van der Waals surface area contributed by atoms with Gasteiger partial charge in [-0.1, -0.05) is 56.1 Å². The van der Waals surface area contributed by atoms with Gasteiger partial charge in [-0.25, -0.2) is 0 Å². The van der Waals surface area contributed by atoms with Crippen LogP contribution in [0.15, 0.2) is 74.1 Å². The quantitative estimate of drug-likeness (QED) is 0.223. The maximum absolute atomic E-state index is 9.59. The van der Waals surface area contributed by atoms with Crippen LogP contribution < -0.4 is 9.47 Å². The van der Waals surface area contributed by atoms with Gasteiger partial charge in [0.15, 0.2) is 11.5 Å². The van der Waals surface area contributed by atoms with Crippen LogP contribution in [-0.2, 0) is 6.61 Å². The van der Waals surface area contributed by atoms with Crippen LogP contribution in [0.1, 0.15) is 16.7 Å². The maximum Gasteiger partial charge on any atom is 0.175 e. The van der Waals surface area contributed by atoms with E-state index in [4.69, 9.17) is 9.47 Å². The van der Waals surface area contributed by atoms with E-state index in [-0.39, 0.29) is 0 Å². The number of hydrogen-bond donors (Lipinski definition) is 0. The molecule has 0 aliphatic rings. The summed E-state index contributed by atoms with van der Waals surface area (Å²) in [5.74, 6) is 1.21. The van der Waals surface area contributed by atoms with Gasteiger partial charge in [-0.05, 0) is 75.1 Å². The highest BCUT2D eigenvalue weighted by molar-refractivity contribution is 9.11. The van der Waals surface area contributed by atoms with Crippen LogP contribution in [0.5, 0.6) is 11.5 Å². The highest BCUT2D eigenvalue weighted by Gasteiger charge is 2.12. The summed E-state index contributed by atoms with van der Waals surface area (Å²) in [6.45, 7) is 0.416. The van der Waals surface area contributed by atoms with Gasteiger partial charge < -0.3 is 9.47 Å². The molecule has 0 spiro atoms. The predicted molar refractivity (Wildman–Crippen MR) is 127 cm³/mol. The zero-order valence-corrected chi connectivity index (χ0v) is 20.2.